The standard InChI is InChI=1S/C16H14BrNO6/c1-22-4-5-23-16(21)12-6-9(8-24-15(12)18)14(20)11-7-10(17)2-3-13(11)19/h2-3,6-8,18-19H,4-5H2,1H3. The van der Waals surface area contributed by atoms with Crippen LogP contribution in [0.15, 0.2) is 39.4 Å². The number of hydrogen-bond donors (Lipinski definition) is 2. The van der Waals surface area contributed by atoms with Crippen LogP contribution in [0.4, 0.5) is 0 Å². The molecule has 1 aromatic carbocycles. The van der Waals surface area contributed by atoms with E-state index < -0.39 is 17.3 Å². The minimum Gasteiger partial charge on any atom is -0.507 e. The van der Waals surface area contributed by atoms with Gasteiger partial charge in [-0.2, -0.15) is 0 Å². The normalized spacial score (nSPS) is 10.4. The van der Waals surface area contributed by atoms with Gasteiger partial charge in [-0.05, 0) is 24.3 Å². The first kappa shape index (κ1) is 17.9. The van der Waals surface area contributed by atoms with Gasteiger partial charge in [0.2, 0.25) is 5.55 Å². The maximum Gasteiger partial charge on any atom is 0.343 e. The van der Waals surface area contributed by atoms with Crippen LogP contribution in [0.25, 0.3) is 0 Å². The lowest BCUT2D eigenvalue weighted by molar-refractivity contribution is 0.0382. The Morgan fingerprint density at radius 3 is 2.71 bits per heavy atom. The van der Waals surface area contributed by atoms with E-state index in [0.29, 0.717) is 4.47 Å². The van der Waals surface area contributed by atoms with Crippen molar-refractivity contribution >= 4 is 27.7 Å². The SMILES string of the molecule is COCCOC(=O)c1cc(C(=O)c2cc(Br)ccc2O)coc1=N. The number of carbonyl (C=O) groups is 2. The fraction of sp³-hybridized carbons (Fsp3) is 0.188. The maximum absolute atomic E-state index is 12.5. The number of nitrogens with one attached hydrogen (secondary N) is 1. The number of ketones is 1. The van der Waals surface area contributed by atoms with Crippen molar-refractivity contribution in [2.24, 2.45) is 0 Å². The summed E-state index contributed by atoms with van der Waals surface area (Å²) < 4.78 is 15.2. The van der Waals surface area contributed by atoms with Crippen molar-refractivity contribution in [1.82, 2.24) is 0 Å². The number of methoxy groups -OCH3 is 1. The summed E-state index contributed by atoms with van der Waals surface area (Å²) in [7, 11) is 1.46. The molecule has 0 radical (unpaired) electrons. The van der Waals surface area contributed by atoms with Gasteiger partial charge in [0.1, 0.15) is 24.2 Å². The summed E-state index contributed by atoms with van der Waals surface area (Å²) in [5.74, 6) is -1.56. The second kappa shape index (κ2) is 7.89. The van der Waals surface area contributed by atoms with Gasteiger partial charge in [0, 0.05) is 11.6 Å². The Hall–Kier alpha value is -2.45. The third-order valence-corrected chi connectivity index (χ3v) is 3.55. The van der Waals surface area contributed by atoms with Crippen LogP contribution in [0, 0.1) is 5.41 Å². The van der Waals surface area contributed by atoms with Crippen molar-refractivity contribution in [1.29, 1.82) is 5.41 Å². The van der Waals surface area contributed by atoms with Gasteiger partial charge in [0.25, 0.3) is 0 Å². The van der Waals surface area contributed by atoms with Crippen molar-refractivity contribution < 1.29 is 28.6 Å². The first-order chi connectivity index (χ1) is 11.4. The van der Waals surface area contributed by atoms with E-state index in [4.69, 9.17) is 19.3 Å². The molecule has 1 aromatic heterocycles. The molecule has 0 saturated heterocycles. The van der Waals surface area contributed by atoms with E-state index in [1.807, 2.05) is 0 Å². The van der Waals surface area contributed by atoms with Gasteiger partial charge < -0.3 is 19.0 Å². The zero-order chi connectivity index (χ0) is 17.7. The summed E-state index contributed by atoms with van der Waals surface area (Å²) >= 11 is 3.22. The van der Waals surface area contributed by atoms with E-state index in [-0.39, 0.29) is 35.7 Å². The third-order valence-electron chi connectivity index (χ3n) is 3.05. The van der Waals surface area contributed by atoms with E-state index in [1.165, 1.54) is 25.3 Å². The maximum atomic E-state index is 12.5. The van der Waals surface area contributed by atoms with Gasteiger partial charge in [0.05, 0.1) is 17.7 Å². The van der Waals surface area contributed by atoms with Crippen molar-refractivity contribution in [2.45, 2.75) is 0 Å². The number of carbonyl (C=O) groups excluding carboxylic acids is 2. The summed E-state index contributed by atoms with van der Waals surface area (Å²) in [6, 6.07) is 5.60. The topological polar surface area (TPSA) is 110 Å². The highest BCUT2D eigenvalue weighted by atomic mass is 79.9. The summed E-state index contributed by atoms with van der Waals surface area (Å²) in [5, 5.41) is 17.5. The Balaban J connectivity index is 2.33. The van der Waals surface area contributed by atoms with Crippen molar-refractivity contribution in [3.63, 3.8) is 0 Å². The molecule has 0 fully saturated rings. The second-order valence-electron chi connectivity index (χ2n) is 4.70. The number of ether oxygens (including phenoxy) is 2. The molecule has 0 aliphatic rings. The molecule has 2 aromatic rings. The summed E-state index contributed by atoms with van der Waals surface area (Å²) in [4.78, 5) is 24.4. The number of benzene rings is 1. The van der Waals surface area contributed by atoms with Crippen LogP contribution in [0.2, 0.25) is 0 Å². The van der Waals surface area contributed by atoms with Gasteiger partial charge in [-0.25, -0.2) is 4.79 Å². The number of esters is 1. The van der Waals surface area contributed by atoms with E-state index in [0.717, 1.165) is 6.26 Å². The van der Waals surface area contributed by atoms with E-state index in [9.17, 15) is 14.7 Å². The number of hydrogen-bond acceptors (Lipinski definition) is 7. The average Bonchev–Trinajstić information content (AvgIpc) is 2.57. The molecule has 8 heteroatoms. The van der Waals surface area contributed by atoms with Crippen LogP contribution in [0.1, 0.15) is 26.3 Å². The Morgan fingerprint density at radius 2 is 2.00 bits per heavy atom. The first-order valence-electron chi connectivity index (χ1n) is 6.80. The second-order valence-corrected chi connectivity index (χ2v) is 5.61. The molecule has 0 bridgehead atoms. The molecule has 0 atom stereocenters. The molecule has 7 nitrogen and oxygen atoms in total. The van der Waals surface area contributed by atoms with Crippen molar-refractivity contribution in [2.75, 3.05) is 20.3 Å². The van der Waals surface area contributed by atoms with E-state index >= 15 is 0 Å². The largest absolute Gasteiger partial charge is 0.507 e. The predicted molar refractivity (Wildman–Crippen MR) is 86.0 cm³/mol. The minimum atomic E-state index is -0.797. The van der Waals surface area contributed by atoms with Crippen molar-refractivity contribution in [3.05, 3.63) is 57.2 Å². The highest BCUT2D eigenvalue weighted by molar-refractivity contribution is 9.10. The van der Waals surface area contributed by atoms with Gasteiger partial charge in [-0.15, -0.1) is 0 Å². The molecule has 2 rings (SSSR count). The number of phenols is 1. The molecular formula is C16H14BrNO6. The predicted octanol–water partition coefficient (Wildman–Crippen LogP) is 2.26. The Morgan fingerprint density at radius 1 is 1.25 bits per heavy atom. The van der Waals surface area contributed by atoms with Gasteiger partial charge in [-0.1, -0.05) is 15.9 Å². The van der Waals surface area contributed by atoms with Crippen LogP contribution < -0.4 is 5.55 Å². The highest BCUT2D eigenvalue weighted by Gasteiger charge is 2.19. The molecule has 0 aliphatic carbocycles. The van der Waals surface area contributed by atoms with Gasteiger partial charge in [0.15, 0.2) is 5.78 Å². The first-order valence-corrected chi connectivity index (χ1v) is 7.60. The highest BCUT2D eigenvalue weighted by Crippen LogP contribution is 2.24. The van der Waals surface area contributed by atoms with Crippen LogP contribution >= 0.6 is 15.9 Å². The van der Waals surface area contributed by atoms with Crippen molar-refractivity contribution in [3.8, 4) is 5.75 Å². The number of rotatable bonds is 6. The van der Waals surface area contributed by atoms with Gasteiger partial charge in [-0.3, -0.25) is 10.2 Å². The summed E-state index contributed by atoms with van der Waals surface area (Å²) in [5.41, 5.74) is -0.562. The molecule has 0 saturated carbocycles. The summed E-state index contributed by atoms with van der Waals surface area (Å²) in [6.45, 7) is 0.222. The third kappa shape index (κ3) is 4.09. The molecule has 1 heterocycles. The quantitative estimate of drug-likeness (QED) is 0.440. The Kier molecular flexibility index (Phi) is 5.88. The number of halogens is 1. The molecule has 126 valence electrons. The molecule has 24 heavy (non-hydrogen) atoms. The average molecular weight is 396 g/mol. The lowest BCUT2D eigenvalue weighted by Gasteiger charge is -2.07. The zero-order valence-electron chi connectivity index (χ0n) is 12.7. The van der Waals surface area contributed by atoms with Crippen LogP contribution in [-0.4, -0.2) is 37.2 Å². The van der Waals surface area contributed by atoms with Crippen LogP contribution in [-0.2, 0) is 9.47 Å². The number of phenolic OH excluding ortho intramolecular Hbond substituents is 1. The fourth-order valence-electron chi connectivity index (χ4n) is 1.85. The van der Waals surface area contributed by atoms with Gasteiger partial charge >= 0.3 is 5.97 Å². The fourth-order valence-corrected chi connectivity index (χ4v) is 2.21. The lowest BCUT2D eigenvalue weighted by Crippen LogP contribution is -2.19. The monoisotopic (exact) mass is 395 g/mol. The molecule has 2 N–H and O–H groups in total. The Bertz CT molecular complexity index is 830. The number of aromatic hydroxyl groups is 1. The molecule has 0 spiro atoms. The van der Waals surface area contributed by atoms with Crippen LogP contribution in [0.5, 0.6) is 5.75 Å². The van der Waals surface area contributed by atoms with E-state index in [2.05, 4.69) is 15.9 Å². The van der Waals surface area contributed by atoms with Crippen LogP contribution in [0.3, 0.4) is 0 Å². The molecule has 0 amide bonds. The Labute approximate surface area is 145 Å². The molecule has 0 aliphatic heterocycles. The summed E-state index contributed by atoms with van der Waals surface area (Å²) in [6.07, 6.45) is 1.05. The minimum absolute atomic E-state index is 0.0121. The zero-order valence-corrected chi connectivity index (χ0v) is 14.3. The lowest BCUT2D eigenvalue weighted by atomic mass is 10.0. The smallest absolute Gasteiger partial charge is 0.343 e. The van der Waals surface area contributed by atoms with E-state index in [1.54, 1.807) is 6.07 Å². The molecule has 0 unspecified atom stereocenters. The molecular weight excluding hydrogens is 382 g/mol.